The molecule has 0 aliphatic carbocycles. The van der Waals surface area contributed by atoms with Crippen LogP contribution in [0.4, 0.5) is 5.69 Å². The van der Waals surface area contributed by atoms with E-state index in [0.29, 0.717) is 5.75 Å². The molecular weight excluding hydrogens is 418 g/mol. The molecule has 1 fully saturated rings. The molecule has 1 aliphatic rings. The number of rotatable bonds is 5. The minimum atomic E-state index is -0.571. The number of amides is 1. The summed E-state index contributed by atoms with van der Waals surface area (Å²) in [5, 5.41) is 4.52. The second kappa shape index (κ2) is 8.53. The van der Waals surface area contributed by atoms with E-state index in [2.05, 4.69) is 54.6 Å². The molecule has 3 heteroatoms. The van der Waals surface area contributed by atoms with E-state index < -0.39 is 6.10 Å². The number of ether oxygens (including phenoxy) is 1. The number of hydrogen-bond acceptors (Lipinski definition) is 2. The first-order valence-electron chi connectivity index (χ1n) is 11.5. The van der Waals surface area contributed by atoms with Gasteiger partial charge in [-0.15, -0.1) is 0 Å². The van der Waals surface area contributed by atoms with Gasteiger partial charge in [0.2, 0.25) is 6.10 Å². The molecule has 6 rings (SSSR count). The minimum Gasteiger partial charge on any atom is -0.478 e. The molecule has 164 valence electrons. The highest BCUT2D eigenvalue weighted by Crippen LogP contribution is 2.38. The van der Waals surface area contributed by atoms with Crippen molar-refractivity contribution >= 4 is 39.2 Å². The maximum atomic E-state index is 13.5. The Kier molecular flexibility index (Phi) is 5.08. The summed E-state index contributed by atoms with van der Waals surface area (Å²) in [6, 6.07) is 38.3. The number of β-lactam (4-membered cyclic amide) rings is 1. The molecule has 0 unspecified atom stereocenters. The Labute approximate surface area is 198 Å². The number of nitrogens with zero attached hydrogens (tertiary/aromatic N) is 1. The van der Waals surface area contributed by atoms with Gasteiger partial charge in [-0.25, -0.2) is 0 Å². The molecule has 1 amide bonds. The van der Waals surface area contributed by atoms with E-state index >= 15 is 0 Å². The topological polar surface area (TPSA) is 29.5 Å². The molecule has 1 heterocycles. The van der Waals surface area contributed by atoms with E-state index in [4.69, 9.17) is 4.74 Å². The molecule has 0 radical (unpaired) electrons. The third kappa shape index (κ3) is 3.61. The number of benzene rings is 5. The van der Waals surface area contributed by atoms with Crippen molar-refractivity contribution in [1.82, 2.24) is 0 Å². The number of anilines is 1. The number of fused-ring (bicyclic) bond motifs is 2. The first-order valence-corrected chi connectivity index (χ1v) is 11.5. The highest BCUT2D eigenvalue weighted by atomic mass is 16.5. The normalized spacial score (nSPS) is 17.9. The first kappa shape index (κ1) is 20.3. The summed E-state index contributed by atoms with van der Waals surface area (Å²) in [7, 11) is 0. The summed E-state index contributed by atoms with van der Waals surface area (Å²) in [4.78, 5) is 15.3. The molecule has 3 nitrogen and oxygen atoms in total. The van der Waals surface area contributed by atoms with Crippen molar-refractivity contribution in [3.63, 3.8) is 0 Å². The van der Waals surface area contributed by atoms with Crippen LogP contribution in [0.2, 0.25) is 0 Å². The average Bonchev–Trinajstić information content (AvgIpc) is 2.89. The van der Waals surface area contributed by atoms with Crippen LogP contribution >= 0.6 is 0 Å². The van der Waals surface area contributed by atoms with E-state index in [-0.39, 0.29) is 11.9 Å². The Hall–Kier alpha value is -4.37. The molecule has 0 spiro atoms. The van der Waals surface area contributed by atoms with Gasteiger partial charge >= 0.3 is 0 Å². The fraction of sp³-hybridized carbons (Fsp3) is 0.0645. The summed E-state index contributed by atoms with van der Waals surface area (Å²) >= 11 is 0. The van der Waals surface area contributed by atoms with Crippen molar-refractivity contribution in [1.29, 1.82) is 0 Å². The summed E-state index contributed by atoms with van der Waals surface area (Å²) in [6.07, 6.45) is 3.56. The van der Waals surface area contributed by atoms with Gasteiger partial charge < -0.3 is 4.74 Å². The standard InChI is InChI=1S/C31H23NO2/c33-31-30(34-26-15-5-2-6-16-26)29(19-18-22-10-3-1-4-11-22)32(31)28-17-9-14-25-20-23-12-7-8-13-24(23)21-27(25)28/h1-21,29-30H/b19-18+/t29-,30-/m0/s1. The van der Waals surface area contributed by atoms with Crippen LogP contribution in [0.5, 0.6) is 5.75 Å². The van der Waals surface area contributed by atoms with Crippen LogP contribution in [-0.2, 0) is 4.79 Å². The van der Waals surface area contributed by atoms with Crippen molar-refractivity contribution in [3.05, 3.63) is 127 Å². The smallest absolute Gasteiger partial charge is 0.271 e. The van der Waals surface area contributed by atoms with Crippen LogP contribution in [0.25, 0.3) is 27.6 Å². The first-order chi connectivity index (χ1) is 16.8. The Balaban J connectivity index is 1.42. The number of carbonyl (C=O) groups excluding carboxylic acids is 1. The minimum absolute atomic E-state index is 0.0350. The number of para-hydroxylation sites is 1. The van der Waals surface area contributed by atoms with E-state index in [0.717, 1.165) is 27.4 Å². The van der Waals surface area contributed by atoms with Gasteiger partial charge in [-0.2, -0.15) is 0 Å². The molecule has 0 saturated carbocycles. The highest BCUT2D eigenvalue weighted by Gasteiger charge is 2.49. The maximum absolute atomic E-state index is 13.5. The van der Waals surface area contributed by atoms with Crippen molar-refractivity contribution in [2.75, 3.05) is 4.90 Å². The Bertz CT molecular complexity index is 1510. The van der Waals surface area contributed by atoms with Gasteiger partial charge in [0.15, 0.2) is 0 Å². The molecule has 5 aromatic carbocycles. The largest absolute Gasteiger partial charge is 0.478 e. The Morgan fingerprint density at radius 3 is 2.09 bits per heavy atom. The van der Waals surface area contributed by atoms with Crippen molar-refractivity contribution in [2.24, 2.45) is 0 Å². The predicted octanol–water partition coefficient (Wildman–Crippen LogP) is 6.87. The summed E-state index contributed by atoms with van der Waals surface area (Å²) in [5.41, 5.74) is 1.99. The van der Waals surface area contributed by atoms with E-state index in [9.17, 15) is 4.79 Å². The van der Waals surface area contributed by atoms with Crippen LogP contribution in [0, 0.1) is 0 Å². The lowest BCUT2D eigenvalue weighted by atomic mass is 9.93. The SMILES string of the molecule is O=C1[C@@H](Oc2ccccc2)[C@H](/C=C/c2ccccc2)N1c1cccc2cc3ccccc3cc12. The zero-order valence-electron chi connectivity index (χ0n) is 18.5. The van der Waals surface area contributed by atoms with Crippen LogP contribution in [0.1, 0.15) is 5.56 Å². The van der Waals surface area contributed by atoms with Crippen molar-refractivity contribution in [2.45, 2.75) is 12.1 Å². The zero-order chi connectivity index (χ0) is 22.9. The van der Waals surface area contributed by atoms with Crippen LogP contribution in [0.3, 0.4) is 0 Å². The molecule has 5 aromatic rings. The summed E-state index contributed by atoms with van der Waals surface area (Å²) < 4.78 is 6.16. The highest BCUT2D eigenvalue weighted by molar-refractivity contribution is 6.13. The monoisotopic (exact) mass is 441 g/mol. The fourth-order valence-electron chi connectivity index (χ4n) is 4.65. The Morgan fingerprint density at radius 2 is 1.32 bits per heavy atom. The third-order valence-electron chi connectivity index (χ3n) is 6.36. The lowest BCUT2D eigenvalue weighted by molar-refractivity contribution is -0.133. The van der Waals surface area contributed by atoms with Gasteiger partial charge in [-0.05, 0) is 52.1 Å². The summed E-state index contributed by atoms with van der Waals surface area (Å²) in [6.45, 7) is 0. The quantitative estimate of drug-likeness (QED) is 0.220. The van der Waals surface area contributed by atoms with Gasteiger partial charge in [-0.1, -0.05) is 97.1 Å². The van der Waals surface area contributed by atoms with Crippen molar-refractivity contribution in [3.8, 4) is 5.75 Å². The third-order valence-corrected chi connectivity index (χ3v) is 6.36. The second-order valence-corrected chi connectivity index (χ2v) is 8.52. The molecule has 34 heavy (non-hydrogen) atoms. The maximum Gasteiger partial charge on any atom is 0.271 e. The zero-order valence-corrected chi connectivity index (χ0v) is 18.5. The van der Waals surface area contributed by atoms with Gasteiger partial charge in [0, 0.05) is 5.39 Å². The van der Waals surface area contributed by atoms with Gasteiger partial charge in [-0.3, -0.25) is 9.69 Å². The van der Waals surface area contributed by atoms with Crippen LogP contribution < -0.4 is 9.64 Å². The van der Waals surface area contributed by atoms with E-state index in [1.807, 2.05) is 77.7 Å². The molecule has 2 atom stereocenters. The summed E-state index contributed by atoms with van der Waals surface area (Å²) in [5.74, 6) is 0.662. The lowest BCUT2D eigenvalue weighted by Gasteiger charge is -2.45. The van der Waals surface area contributed by atoms with Crippen molar-refractivity contribution < 1.29 is 9.53 Å². The predicted molar refractivity (Wildman–Crippen MR) is 139 cm³/mol. The van der Waals surface area contributed by atoms with Gasteiger partial charge in [0.05, 0.1) is 5.69 Å². The van der Waals surface area contributed by atoms with Gasteiger partial charge in [0.1, 0.15) is 11.8 Å². The Morgan fingerprint density at radius 1 is 0.676 bits per heavy atom. The molecule has 1 saturated heterocycles. The van der Waals surface area contributed by atoms with E-state index in [1.54, 1.807) is 0 Å². The fourth-order valence-corrected chi connectivity index (χ4v) is 4.65. The number of hydrogen-bond donors (Lipinski definition) is 0. The molecular formula is C31H23NO2. The molecule has 1 aliphatic heterocycles. The average molecular weight is 442 g/mol. The lowest BCUT2D eigenvalue weighted by Crippen LogP contribution is -2.66. The van der Waals surface area contributed by atoms with Gasteiger partial charge in [0.25, 0.3) is 5.91 Å². The molecule has 0 bridgehead atoms. The van der Waals surface area contributed by atoms with Crippen LogP contribution in [-0.4, -0.2) is 18.1 Å². The molecule has 0 aromatic heterocycles. The van der Waals surface area contributed by atoms with E-state index in [1.165, 1.54) is 5.39 Å². The number of carbonyl (C=O) groups is 1. The molecule has 0 N–H and O–H groups in total. The van der Waals surface area contributed by atoms with Crippen LogP contribution in [0.15, 0.2) is 121 Å². The second-order valence-electron chi connectivity index (χ2n) is 8.52.